The molecule has 1 heterocycles. The molecule has 1 unspecified atom stereocenters. The van der Waals surface area contributed by atoms with Crippen LogP contribution in [0.1, 0.15) is 43.2 Å². The first kappa shape index (κ1) is 18.7. The standard InChI is InChI=1S/C24H28ClNO/c25-23-10-8-22(9-11-23)24(27)14-4-5-19(17-24)18-26-15-12-21(13-16-26)20-6-2-1-3-7-20/h1-3,6-12,19,27H,4-5,13-18H2/t19-,24?/m1/s1. The van der Waals surface area contributed by atoms with Crippen LogP contribution in [0.25, 0.3) is 5.57 Å². The SMILES string of the molecule is OC1(c2ccc(Cl)cc2)CCC[C@@H](CN2CC=C(c3ccccc3)CC2)C1. The highest BCUT2D eigenvalue weighted by Crippen LogP contribution is 2.40. The average Bonchev–Trinajstić information content (AvgIpc) is 2.70. The summed E-state index contributed by atoms with van der Waals surface area (Å²) in [4.78, 5) is 2.55. The maximum absolute atomic E-state index is 11.3. The number of benzene rings is 2. The number of rotatable bonds is 4. The van der Waals surface area contributed by atoms with Crippen LogP contribution in [0.15, 0.2) is 60.7 Å². The van der Waals surface area contributed by atoms with Crippen molar-refractivity contribution in [1.29, 1.82) is 0 Å². The van der Waals surface area contributed by atoms with Gasteiger partial charge in [-0.05, 0) is 66.9 Å². The predicted octanol–water partition coefficient (Wildman–Crippen LogP) is 5.51. The Bertz CT molecular complexity index is 786. The van der Waals surface area contributed by atoms with Gasteiger partial charge in [-0.2, -0.15) is 0 Å². The van der Waals surface area contributed by atoms with Crippen molar-refractivity contribution in [3.05, 3.63) is 76.8 Å². The summed E-state index contributed by atoms with van der Waals surface area (Å²) in [5, 5.41) is 12.0. The van der Waals surface area contributed by atoms with Gasteiger partial charge in [-0.3, -0.25) is 4.90 Å². The van der Waals surface area contributed by atoms with Gasteiger partial charge in [0.2, 0.25) is 0 Å². The Morgan fingerprint density at radius 1 is 1.07 bits per heavy atom. The highest BCUT2D eigenvalue weighted by Gasteiger charge is 2.36. The van der Waals surface area contributed by atoms with E-state index in [4.69, 9.17) is 11.6 Å². The van der Waals surface area contributed by atoms with Crippen LogP contribution in [0, 0.1) is 5.92 Å². The van der Waals surface area contributed by atoms with E-state index in [0.29, 0.717) is 5.92 Å². The summed E-state index contributed by atoms with van der Waals surface area (Å²) in [6.45, 7) is 3.20. The lowest BCUT2D eigenvalue weighted by Crippen LogP contribution is -2.39. The zero-order valence-electron chi connectivity index (χ0n) is 15.8. The van der Waals surface area contributed by atoms with Gasteiger partial charge in [-0.1, -0.05) is 60.1 Å². The summed E-state index contributed by atoms with van der Waals surface area (Å²) in [7, 11) is 0. The molecule has 0 saturated heterocycles. The fourth-order valence-corrected chi connectivity index (χ4v) is 4.83. The van der Waals surface area contributed by atoms with Crippen molar-refractivity contribution >= 4 is 17.2 Å². The van der Waals surface area contributed by atoms with Gasteiger partial charge in [0.1, 0.15) is 0 Å². The van der Waals surface area contributed by atoms with Crippen LogP contribution in [0.2, 0.25) is 5.02 Å². The Balaban J connectivity index is 1.37. The summed E-state index contributed by atoms with van der Waals surface area (Å²) in [6, 6.07) is 18.5. The molecule has 27 heavy (non-hydrogen) atoms. The lowest BCUT2D eigenvalue weighted by atomic mass is 9.74. The van der Waals surface area contributed by atoms with E-state index in [2.05, 4.69) is 41.3 Å². The lowest BCUT2D eigenvalue weighted by Gasteiger charge is -2.39. The molecule has 2 aromatic rings. The zero-order chi connectivity index (χ0) is 18.7. The monoisotopic (exact) mass is 381 g/mol. The molecule has 0 spiro atoms. The molecular weight excluding hydrogens is 354 g/mol. The number of halogens is 1. The maximum atomic E-state index is 11.3. The summed E-state index contributed by atoms with van der Waals surface area (Å²) in [5.74, 6) is 0.547. The molecule has 1 N–H and O–H groups in total. The van der Waals surface area contributed by atoms with Crippen LogP contribution in [0.3, 0.4) is 0 Å². The number of nitrogens with zero attached hydrogens (tertiary/aromatic N) is 1. The molecule has 1 saturated carbocycles. The van der Waals surface area contributed by atoms with Crippen LogP contribution in [0.4, 0.5) is 0 Å². The number of hydrogen-bond donors (Lipinski definition) is 1. The smallest absolute Gasteiger partial charge is 0.0899 e. The van der Waals surface area contributed by atoms with Gasteiger partial charge in [-0.15, -0.1) is 0 Å². The molecule has 0 radical (unpaired) electrons. The van der Waals surface area contributed by atoms with Crippen molar-refractivity contribution in [3.63, 3.8) is 0 Å². The van der Waals surface area contributed by atoms with Crippen molar-refractivity contribution in [1.82, 2.24) is 4.90 Å². The summed E-state index contributed by atoms with van der Waals surface area (Å²) < 4.78 is 0. The van der Waals surface area contributed by atoms with Gasteiger partial charge >= 0.3 is 0 Å². The molecule has 2 atom stereocenters. The Morgan fingerprint density at radius 2 is 1.85 bits per heavy atom. The summed E-state index contributed by atoms with van der Waals surface area (Å²) in [6.07, 6.45) is 7.49. The van der Waals surface area contributed by atoms with E-state index in [1.807, 2.05) is 24.3 Å². The molecule has 4 rings (SSSR count). The molecule has 142 valence electrons. The van der Waals surface area contributed by atoms with Crippen LogP contribution >= 0.6 is 11.6 Å². The van der Waals surface area contributed by atoms with Crippen molar-refractivity contribution in [3.8, 4) is 0 Å². The van der Waals surface area contributed by atoms with Gasteiger partial charge in [-0.25, -0.2) is 0 Å². The van der Waals surface area contributed by atoms with E-state index < -0.39 is 5.60 Å². The zero-order valence-corrected chi connectivity index (χ0v) is 16.5. The van der Waals surface area contributed by atoms with Gasteiger partial charge in [0.15, 0.2) is 0 Å². The highest BCUT2D eigenvalue weighted by atomic mass is 35.5. The highest BCUT2D eigenvalue weighted by molar-refractivity contribution is 6.30. The third kappa shape index (κ3) is 4.45. The quantitative estimate of drug-likeness (QED) is 0.755. The number of hydrogen-bond acceptors (Lipinski definition) is 2. The normalized spacial score (nSPS) is 26.6. The minimum atomic E-state index is -0.700. The molecule has 0 amide bonds. The van der Waals surface area contributed by atoms with E-state index in [9.17, 15) is 5.11 Å². The second-order valence-electron chi connectivity index (χ2n) is 8.11. The largest absolute Gasteiger partial charge is 0.385 e. The number of aliphatic hydroxyl groups is 1. The van der Waals surface area contributed by atoms with Crippen molar-refractivity contribution in [2.45, 2.75) is 37.7 Å². The Kier molecular flexibility index (Phi) is 5.68. The Morgan fingerprint density at radius 3 is 2.56 bits per heavy atom. The van der Waals surface area contributed by atoms with E-state index in [-0.39, 0.29) is 0 Å². The minimum absolute atomic E-state index is 0.547. The third-order valence-electron chi connectivity index (χ3n) is 6.16. The molecule has 1 fully saturated rings. The van der Waals surface area contributed by atoms with E-state index in [1.165, 1.54) is 17.6 Å². The predicted molar refractivity (Wildman–Crippen MR) is 113 cm³/mol. The molecule has 2 aromatic carbocycles. The topological polar surface area (TPSA) is 23.5 Å². The second-order valence-corrected chi connectivity index (χ2v) is 8.54. The summed E-state index contributed by atoms with van der Waals surface area (Å²) in [5.41, 5.74) is 3.13. The Labute approximate surface area is 167 Å². The lowest BCUT2D eigenvalue weighted by molar-refractivity contribution is -0.0265. The molecule has 1 aliphatic carbocycles. The molecule has 2 aliphatic rings. The summed E-state index contributed by atoms with van der Waals surface area (Å²) >= 11 is 6.02. The van der Waals surface area contributed by atoms with Crippen LogP contribution in [-0.2, 0) is 5.60 Å². The molecule has 0 bridgehead atoms. The van der Waals surface area contributed by atoms with Crippen LogP contribution in [0.5, 0.6) is 0 Å². The molecular formula is C24H28ClNO. The van der Waals surface area contributed by atoms with Gasteiger partial charge < -0.3 is 5.11 Å². The third-order valence-corrected chi connectivity index (χ3v) is 6.42. The first-order valence-corrected chi connectivity index (χ1v) is 10.5. The van der Waals surface area contributed by atoms with Crippen molar-refractivity contribution in [2.24, 2.45) is 5.92 Å². The first-order valence-electron chi connectivity index (χ1n) is 10.1. The fourth-order valence-electron chi connectivity index (χ4n) is 4.70. The van der Waals surface area contributed by atoms with Crippen molar-refractivity contribution < 1.29 is 5.11 Å². The first-order chi connectivity index (χ1) is 13.1. The van der Waals surface area contributed by atoms with Gasteiger partial charge in [0.05, 0.1) is 5.60 Å². The van der Waals surface area contributed by atoms with Gasteiger partial charge in [0, 0.05) is 24.7 Å². The fraction of sp³-hybridized carbons (Fsp3) is 0.417. The van der Waals surface area contributed by atoms with Crippen molar-refractivity contribution in [2.75, 3.05) is 19.6 Å². The molecule has 0 aromatic heterocycles. The van der Waals surface area contributed by atoms with E-state index in [1.54, 1.807) is 0 Å². The van der Waals surface area contributed by atoms with E-state index in [0.717, 1.165) is 55.9 Å². The molecule has 3 heteroatoms. The Hall–Kier alpha value is -1.61. The minimum Gasteiger partial charge on any atom is -0.385 e. The average molecular weight is 382 g/mol. The van der Waals surface area contributed by atoms with E-state index >= 15 is 0 Å². The second kappa shape index (κ2) is 8.18. The molecule has 1 aliphatic heterocycles. The van der Waals surface area contributed by atoms with Crippen LogP contribution < -0.4 is 0 Å². The maximum Gasteiger partial charge on any atom is 0.0899 e. The molecule has 2 nitrogen and oxygen atoms in total. The van der Waals surface area contributed by atoms with Gasteiger partial charge in [0.25, 0.3) is 0 Å². The van der Waals surface area contributed by atoms with Crippen LogP contribution in [-0.4, -0.2) is 29.6 Å².